The van der Waals surface area contributed by atoms with Crippen molar-refractivity contribution in [3.63, 3.8) is 0 Å². The second-order valence-corrected chi connectivity index (χ2v) is 7.39. The molecular formula is C16H22BrNO. The van der Waals surface area contributed by atoms with E-state index in [1.807, 2.05) is 6.07 Å². The van der Waals surface area contributed by atoms with Crippen LogP contribution in [0.5, 0.6) is 5.75 Å². The number of nitrogens with two attached hydrogens (primary N) is 1. The summed E-state index contributed by atoms with van der Waals surface area (Å²) < 4.78 is 7.48. The zero-order valence-corrected chi connectivity index (χ0v) is 13.2. The fourth-order valence-corrected chi connectivity index (χ4v) is 4.01. The number of benzene rings is 1. The van der Waals surface area contributed by atoms with Crippen LogP contribution in [-0.2, 0) is 0 Å². The summed E-state index contributed by atoms with van der Waals surface area (Å²) >= 11 is 3.51. The van der Waals surface area contributed by atoms with Gasteiger partial charge in [-0.2, -0.15) is 0 Å². The molecule has 2 nitrogen and oxygen atoms in total. The van der Waals surface area contributed by atoms with Gasteiger partial charge in [0.2, 0.25) is 0 Å². The standard InChI is InChI=1S/C16H22BrNO/c1-10-5-6-16(8-11(10)2)9-14(18)13-7-12(17)3-4-15(13)19-16/h3-4,7,10-11,14H,5-6,8-9,18H2,1-2H3. The Hall–Kier alpha value is -0.540. The fourth-order valence-electron chi connectivity index (χ4n) is 3.63. The Kier molecular flexibility index (Phi) is 3.38. The summed E-state index contributed by atoms with van der Waals surface area (Å²) in [5, 5.41) is 0. The van der Waals surface area contributed by atoms with Crippen LogP contribution in [0.25, 0.3) is 0 Å². The predicted octanol–water partition coefficient (Wildman–Crippen LogP) is 4.43. The molecule has 0 aromatic heterocycles. The lowest BCUT2D eigenvalue weighted by atomic mass is 9.69. The van der Waals surface area contributed by atoms with E-state index in [0.29, 0.717) is 0 Å². The minimum Gasteiger partial charge on any atom is -0.487 e. The summed E-state index contributed by atoms with van der Waals surface area (Å²) in [5.74, 6) is 2.51. The van der Waals surface area contributed by atoms with Crippen molar-refractivity contribution < 1.29 is 4.74 Å². The van der Waals surface area contributed by atoms with Crippen LogP contribution in [0.15, 0.2) is 22.7 Å². The Labute approximate surface area is 123 Å². The second-order valence-electron chi connectivity index (χ2n) is 6.48. The van der Waals surface area contributed by atoms with Crippen LogP contribution < -0.4 is 10.5 Å². The molecule has 1 heterocycles. The molecule has 0 bridgehead atoms. The molecule has 4 unspecified atom stereocenters. The number of rotatable bonds is 0. The minimum atomic E-state index is -0.0217. The van der Waals surface area contributed by atoms with Crippen molar-refractivity contribution in [1.82, 2.24) is 0 Å². The van der Waals surface area contributed by atoms with E-state index in [1.165, 1.54) is 6.42 Å². The van der Waals surface area contributed by atoms with Crippen molar-refractivity contribution in [3.05, 3.63) is 28.2 Å². The Morgan fingerprint density at radius 2 is 2.05 bits per heavy atom. The first-order valence-corrected chi connectivity index (χ1v) is 8.02. The lowest BCUT2D eigenvalue weighted by molar-refractivity contribution is -0.0287. The molecule has 2 N–H and O–H groups in total. The van der Waals surface area contributed by atoms with E-state index in [9.17, 15) is 0 Å². The molecule has 2 aliphatic rings. The highest BCUT2D eigenvalue weighted by molar-refractivity contribution is 9.10. The molecule has 1 spiro atoms. The summed E-state index contributed by atoms with van der Waals surface area (Å²) in [6.07, 6.45) is 4.48. The van der Waals surface area contributed by atoms with Crippen LogP contribution in [0.2, 0.25) is 0 Å². The van der Waals surface area contributed by atoms with Gasteiger partial charge in [0.25, 0.3) is 0 Å². The molecular weight excluding hydrogens is 302 g/mol. The van der Waals surface area contributed by atoms with Crippen molar-refractivity contribution in [2.75, 3.05) is 0 Å². The van der Waals surface area contributed by atoms with Crippen molar-refractivity contribution in [2.24, 2.45) is 17.6 Å². The third-order valence-corrected chi connectivity index (χ3v) is 5.50. The van der Waals surface area contributed by atoms with Gasteiger partial charge in [-0.1, -0.05) is 29.8 Å². The first-order valence-electron chi connectivity index (χ1n) is 7.23. The second kappa shape index (κ2) is 4.78. The summed E-state index contributed by atoms with van der Waals surface area (Å²) in [4.78, 5) is 0. The van der Waals surface area contributed by atoms with E-state index < -0.39 is 0 Å². The normalized spacial score (nSPS) is 37.8. The Balaban J connectivity index is 1.90. The van der Waals surface area contributed by atoms with Gasteiger partial charge in [0.1, 0.15) is 11.4 Å². The van der Waals surface area contributed by atoms with E-state index in [2.05, 4.69) is 41.9 Å². The van der Waals surface area contributed by atoms with Gasteiger partial charge in [-0.15, -0.1) is 0 Å². The molecule has 1 fully saturated rings. The van der Waals surface area contributed by atoms with Gasteiger partial charge in [0, 0.05) is 22.5 Å². The molecule has 19 heavy (non-hydrogen) atoms. The SMILES string of the molecule is CC1CCC2(CC(N)c3cc(Br)ccc3O2)CC1C. The lowest BCUT2D eigenvalue weighted by Crippen LogP contribution is -2.47. The summed E-state index contributed by atoms with van der Waals surface area (Å²) in [5.41, 5.74) is 7.52. The van der Waals surface area contributed by atoms with E-state index in [1.54, 1.807) is 0 Å². The van der Waals surface area contributed by atoms with Gasteiger partial charge in [-0.25, -0.2) is 0 Å². The largest absolute Gasteiger partial charge is 0.487 e. The van der Waals surface area contributed by atoms with E-state index in [4.69, 9.17) is 10.5 Å². The molecule has 3 heteroatoms. The highest BCUT2D eigenvalue weighted by Crippen LogP contribution is 2.48. The number of hydrogen-bond donors (Lipinski definition) is 1. The highest BCUT2D eigenvalue weighted by atomic mass is 79.9. The molecule has 0 radical (unpaired) electrons. The van der Waals surface area contributed by atoms with E-state index >= 15 is 0 Å². The molecule has 1 aromatic carbocycles. The molecule has 1 saturated carbocycles. The zero-order chi connectivity index (χ0) is 13.6. The Morgan fingerprint density at radius 1 is 1.26 bits per heavy atom. The van der Waals surface area contributed by atoms with Gasteiger partial charge >= 0.3 is 0 Å². The first-order chi connectivity index (χ1) is 8.99. The molecule has 1 aromatic rings. The zero-order valence-electron chi connectivity index (χ0n) is 11.7. The fraction of sp³-hybridized carbons (Fsp3) is 0.625. The Bertz CT molecular complexity index is 490. The average molecular weight is 324 g/mol. The van der Waals surface area contributed by atoms with Crippen molar-refractivity contribution in [3.8, 4) is 5.75 Å². The maximum absolute atomic E-state index is 6.40. The van der Waals surface area contributed by atoms with Gasteiger partial charge in [0.05, 0.1) is 0 Å². The van der Waals surface area contributed by atoms with E-state index in [0.717, 1.165) is 46.9 Å². The molecule has 3 rings (SSSR count). The summed E-state index contributed by atoms with van der Waals surface area (Å²) in [6.45, 7) is 4.70. The van der Waals surface area contributed by atoms with Gasteiger partial charge in [-0.3, -0.25) is 0 Å². The maximum Gasteiger partial charge on any atom is 0.124 e. The van der Waals surface area contributed by atoms with Crippen LogP contribution in [0.1, 0.15) is 51.1 Å². The van der Waals surface area contributed by atoms with Crippen molar-refractivity contribution >= 4 is 15.9 Å². The smallest absolute Gasteiger partial charge is 0.124 e. The van der Waals surface area contributed by atoms with Crippen LogP contribution in [0.3, 0.4) is 0 Å². The van der Waals surface area contributed by atoms with Crippen LogP contribution >= 0.6 is 15.9 Å². The maximum atomic E-state index is 6.40. The summed E-state index contributed by atoms with van der Waals surface area (Å²) in [6, 6.07) is 6.30. The van der Waals surface area contributed by atoms with Crippen molar-refractivity contribution in [2.45, 2.75) is 51.2 Å². The van der Waals surface area contributed by atoms with Gasteiger partial charge in [0.15, 0.2) is 0 Å². The molecule has 0 saturated heterocycles. The van der Waals surface area contributed by atoms with Gasteiger partial charge in [-0.05, 0) is 49.3 Å². The van der Waals surface area contributed by atoms with E-state index in [-0.39, 0.29) is 11.6 Å². The predicted molar refractivity (Wildman–Crippen MR) is 81.2 cm³/mol. The molecule has 4 atom stereocenters. The monoisotopic (exact) mass is 323 g/mol. The average Bonchev–Trinajstić information content (AvgIpc) is 2.36. The molecule has 1 aliphatic carbocycles. The number of hydrogen-bond acceptors (Lipinski definition) is 2. The molecule has 1 aliphatic heterocycles. The highest BCUT2D eigenvalue weighted by Gasteiger charge is 2.44. The van der Waals surface area contributed by atoms with Crippen LogP contribution in [-0.4, -0.2) is 5.60 Å². The number of ether oxygens (including phenoxy) is 1. The Morgan fingerprint density at radius 3 is 2.79 bits per heavy atom. The minimum absolute atomic E-state index is 0.0217. The third kappa shape index (κ3) is 2.43. The first kappa shape index (κ1) is 13.4. The lowest BCUT2D eigenvalue weighted by Gasteiger charge is -2.47. The van der Waals surface area contributed by atoms with Crippen LogP contribution in [0, 0.1) is 11.8 Å². The molecule has 0 amide bonds. The van der Waals surface area contributed by atoms with Crippen LogP contribution in [0.4, 0.5) is 0 Å². The number of halogens is 1. The van der Waals surface area contributed by atoms with Crippen molar-refractivity contribution in [1.29, 1.82) is 0 Å². The third-order valence-electron chi connectivity index (χ3n) is 5.01. The van der Waals surface area contributed by atoms with Gasteiger partial charge < -0.3 is 10.5 Å². The number of fused-ring (bicyclic) bond motifs is 1. The quantitative estimate of drug-likeness (QED) is 0.766. The topological polar surface area (TPSA) is 35.2 Å². The molecule has 104 valence electrons. The summed E-state index contributed by atoms with van der Waals surface area (Å²) in [7, 11) is 0.